The normalized spacial score (nSPS) is 24.5. The predicted molar refractivity (Wildman–Crippen MR) is 150 cm³/mol. The maximum absolute atomic E-state index is 14.0. The Morgan fingerprint density at radius 2 is 1.77 bits per heavy atom. The molecule has 5 rings (SSSR count). The fraction of sp³-hybridized carbons (Fsp3) is 0.393. The monoisotopic (exact) mass is 616 g/mol. The van der Waals surface area contributed by atoms with Gasteiger partial charge in [-0.25, -0.2) is 9.55 Å². The lowest BCUT2D eigenvalue weighted by Gasteiger charge is -2.26. The molecule has 0 radical (unpaired) electrons. The molecule has 2 aliphatic rings. The average molecular weight is 617 g/mol. The van der Waals surface area contributed by atoms with Crippen LogP contribution < -0.4 is 15.3 Å². The second kappa shape index (κ2) is 12.4. The lowest BCUT2D eigenvalue weighted by molar-refractivity contribution is -0.200. The largest absolute Gasteiger partial charge is 0.493 e. The lowest BCUT2D eigenvalue weighted by atomic mass is 10.1. The quantitative estimate of drug-likeness (QED) is 0.200. The van der Waals surface area contributed by atoms with E-state index in [1.165, 1.54) is 17.8 Å². The van der Waals surface area contributed by atoms with Gasteiger partial charge in [0.15, 0.2) is 17.7 Å². The van der Waals surface area contributed by atoms with E-state index < -0.39 is 61.9 Å². The Kier molecular flexibility index (Phi) is 8.88. The van der Waals surface area contributed by atoms with Gasteiger partial charge in [-0.15, -0.1) is 0 Å². The molecule has 2 fully saturated rings. The van der Waals surface area contributed by atoms with Crippen molar-refractivity contribution in [1.82, 2.24) is 14.6 Å². The number of benzene rings is 2. The molecule has 3 aromatic rings. The summed E-state index contributed by atoms with van der Waals surface area (Å²) in [6, 6.07) is 16.4. The van der Waals surface area contributed by atoms with E-state index >= 15 is 0 Å². The van der Waals surface area contributed by atoms with Crippen molar-refractivity contribution in [3.05, 3.63) is 78.2 Å². The third-order valence-corrected chi connectivity index (χ3v) is 8.35. The summed E-state index contributed by atoms with van der Waals surface area (Å²) in [6.07, 6.45) is -2.18. The molecule has 2 unspecified atom stereocenters. The van der Waals surface area contributed by atoms with Crippen LogP contribution in [0.2, 0.25) is 0 Å². The molecule has 2 aliphatic heterocycles. The standard InChI is InChI=1S/C28H33N4O10P/c1-17(27(35)37-14-18-10-6-4-7-11-18)31-43(36,42-19-12-8-5-9-13-19)38-15-20-22-23(41-28(2,3)40-22)26(39-20)32-16-30-21(24(29)33)25(32)34/h4-13,16-17,20,22-23,26,34H,14-15H2,1-3H3,(H2,29,33)(H,31,36)/t17-,20+,22?,23+,26+,43?/m0/s1. The fourth-order valence-corrected chi connectivity index (χ4v) is 6.26. The number of carbonyl (C=O) groups excluding carboxylic acids is 2. The third kappa shape index (κ3) is 7.07. The zero-order chi connectivity index (χ0) is 30.8. The second-order valence-electron chi connectivity index (χ2n) is 10.5. The number of nitrogens with two attached hydrogens (primary N) is 1. The number of fused-ring (bicyclic) bond motifs is 1. The second-order valence-corrected chi connectivity index (χ2v) is 12.2. The maximum Gasteiger partial charge on any atom is 0.459 e. The molecule has 1 aromatic heterocycles. The number of carbonyl (C=O) groups is 2. The number of amides is 1. The molecule has 0 saturated carbocycles. The van der Waals surface area contributed by atoms with Crippen LogP contribution in [0.15, 0.2) is 67.0 Å². The van der Waals surface area contributed by atoms with E-state index in [1.807, 2.05) is 30.3 Å². The molecule has 0 aliphatic carbocycles. The Balaban J connectivity index is 1.32. The number of aromatic hydroxyl groups is 1. The first-order valence-corrected chi connectivity index (χ1v) is 15.0. The van der Waals surface area contributed by atoms with Gasteiger partial charge in [0.2, 0.25) is 5.88 Å². The summed E-state index contributed by atoms with van der Waals surface area (Å²) < 4.78 is 50.4. The number of nitrogens with one attached hydrogen (secondary N) is 1. The number of esters is 1. The molecule has 0 bridgehead atoms. The molecule has 14 nitrogen and oxygen atoms in total. The van der Waals surface area contributed by atoms with Crippen molar-refractivity contribution in [2.24, 2.45) is 5.73 Å². The predicted octanol–water partition coefficient (Wildman–Crippen LogP) is 3.03. The van der Waals surface area contributed by atoms with Gasteiger partial charge in [-0.1, -0.05) is 48.5 Å². The van der Waals surface area contributed by atoms with Gasteiger partial charge in [0.05, 0.1) is 6.61 Å². The van der Waals surface area contributed by atoms with Gasteiger partial charge >= 0.3 is 13.7 Å². The zero-order valence-corrected chi connectivity index (χ0v) is 24.6. The van der Waals surface area contributed by atoms with Crippen molar-refractivity contribution >= 4 is 19.6 Å². The van der Waals surface area contributed by atoms with Gasteiger partial charge in [0, 0.05) is 0 Å². The summed E-state index contributed by atoms with van der Waals surface area (Å²) in [5.74, 6) is -2.89. The van der Waals surface area contributed by atoms with Crippen molar-refractivity contribution in [3.8, 4) is 11.6 Å². The van der Waals surface area contributed by atoms with Crippen molar-refractivity contribution in [1.29, 1.82) is 0 Å². The van der Waals surface area contributed by atoms with Crippen molar-refractivity contribution in [2.75, 3.05) is 6.61 Å². The van der Waals surface area contributed by atoms with Crippen molar-refractivity contribution in [2.45, 2.75) is 63.7 Å². The Morgan fingerprint density at radius 3 is 2.42 bits per heavy atom. The Morgan fingerprint density at radius 1 is 1.12 bits per heavy atom. The maximum atomic E-state index is 14.0. The topological polar surface area (TPSA) is 183 Å². The van der Waals surface area contributed by atoms with Crippen LogP contribution in [0, 0.1) is 0 Å². The minimum absolute atomic E-state index is 0.0302. The number of nitrogens with zero attached hydrogens (tertiary/aromatic N) is 2. The number of rotatable bonds is 12. The highest BCUT2D eigenvalue weighted by molar-refractivity contribution is 7.52. The Hall–Kier alpha value is -3.78. The van der Waals surface area contributed by atoms with E-state index in [4.69, 9.17) is 33.7 Å². The number of imidazole rings is 1. The summed E-state index contributed by atoms with van der Waals surface area (Å²) >= 11 is 0. The smallest absolute Gasteiger partial charge is 0.459 e. The zero-order valence-electron chi connectivity index (χ0n) is 23.7. The SMILES string of the molecule is C[C@H](NP(=O)(OC[C@H]1O[C@@H](n2cnc(C(N)=O)c2O)[C@@H]2OC(C)(C)OC21)Oc1ccccc1)C(=O)OCc1ccccc1. The molecular weight excluding hydrogens is 583 g/mol. The van der Waals surface area contributed by atoms with E-state index in [2.05, 4.69) is 10.1 Å². The van der Waals surface area contributed by atoms with Crippen LogP contribution in [-0.4, -0.2) is 63.3 Å². The van der Waals surface area contributed by atoms with E-state index in [9.17, 15) is 19.3 Å². The summed E-state index contributed by atoms with van der Waals surface area (Å²) in [6.45, 7) is 4.58. The molecule has 15 heteroatoms. The number of hydrogen-bond donors (Lipinski definition) is 3. The molecule has 6 atom stereocenters. The molecule has 230 valence electrons. The summed E-state index contributed by atoms with van der Waals surface area (Å²) in [5.41, 5.74) is 5.75. The van der Waals surface area contributed by atoms with Gasteiger partial charge < -0.3 is 34.3 Å². The number of hydrogen-bond acceptors (Lipinski definition) is 11. The first kappa shape index (κ1) is 30.7. The first-order chi connectivity index (χ1) is 20.4. The van der Waals surface area contributed by atoms with Crippen molar-refractivity contribution in [3.63, 3.8) is 0 Å². The number of para-hydroxylation sites is 1. The molecule has 3 heterocycles. The van der Waals surface area contributed by atoms with Crippen LogP contribution in [0.1, 0.15) is 43.1 Å². The number of primary amides is 1. The summed E-state index contributed by atoms with van der Waals surface area (Å²) in [4.78, 5) is 28.3. The van der Waals surface area contributed by atoms with E-state index in [1.54, 1.807) is 44.2 Å². The molecule has 0 spiro atoms. The van der Waals surface area contributed by atoms with Crippen LogP contribution in [0.25, 0.3) is 0 Å². The minimum Gasteiger partial charge on any atom is -0.493 e. The van der Waals surface area contributed by atoms with Gasteiger partial charge in [-0.2, -0.15) is 5.09 Å². The molecule has 43 heavy (non-hydrogen) atoms. The summed E-state index contributed by atoms with van der Waals surface area (Å²) in [7, 11) is -4.24. The number of aromatic nitrogens is 2. The van der Waals surface area contributed by atoms with Gasteiger partial charge in [0.25, 0.3) is 5.91 Å². The Bertz CT molecular complexity index is 1490. The van der Waals surface area contributed by atoms with Gasteiger partial charge in [-0.05, 0) is 38.5 Å². The molecule has 2 saturated heterocycles. The summed E-state index contributed by atoms with van der Waals surface area (Å²) in [5, 5.41) is 13.2. The highest BCUT2D eigenvalue weighted by Gasteiger charge is 2.57. The average Bonchev–Trinajstić information content (AvgIpc) is 3.61. The van der Waals surface area contributed by atoms with E-state index in [-0.39, 0.29) is 24.7 Å². The van der Waals surface area contributed by atoms with Crippen LogP contribution in [0.3, 0.4) is 0 Å². The van der Waals surface area contributed by atoms with Crippen LogP contribution >= 0.6 is 7.75 Å². The van der Waals surface area contributed by atoms with E-state index in [0.717, 1.165) is 5.56 Å². The number of ether oxygens (including phenoxy) is 4. The molecule has 4 N–H and O–H groups in total. The molecular formula is C28H33N4O10P. The van der Waals surface area contributed by atoms with Crippen LogP contribution in [-0.2, 0) is 39.4 Å². The highest BCUT2D eigenvalue weighted by Crippen LogP contribution is 2.48. The van der Waals surface area contributed by atoms with Crippen LogP contribution in [0.5, 0.6) is 11.6 Å². The lowest BCUT2D eigenvalue weighted by Crippen LogP contribution is -2.37. The Labute approximate surface area is 247 Å². The van der Waals surface area contributed by atoms with Gasteiger partial charge in [-0.3, -0.25) is 18.7 Å². The third-order valence-electron chi connectivity index (χ3n) is 6.71. The highest BCUT2D eigenvalue weighted by atomic mass is 31.2. The minimum atomic E-state index is -4.24. The molecule has 2 aromatic carbocycles. The molecule has 1 amide bonds. The van der Waals surface area contributed by atoms with Crippen molar-refractivity contribution < 1.29 is 47.3 Å². The first-order valence-electron chi connectivity index (χ1n) is 13.5. The van der Waals surface area contributed by atoms with Crippen LogP contribution in [0.4, 0.5) is 0 Å². The van der Waals surface area contributed by atoms with Gasteiger partial charge in [0.1, 0.15) is 43.0 Å². The van der Waals surface area contributed by atoms with E-state index in [0.29, 0.717) is 0 Å². The fourth-order valence-electron chi connectivity index (χ4n) is 4.76.